The number of nitrogens with two attached hydrogens (primary N) is 2. The van der Waals surface area contributed by atoms with Gasteiger partial charge in [-0.05, 0) is 50.5 Å². The Hall–Kier alpha value is -4.88. The van der Waals surface area contributed by atoms with E-state index in [2.05, 4.69) is 38.6 Å². The number of carboxylic acid groups (broad SMARTS) is 1. The van der Waals surface area contributed by atoms with E-state index in [0.717, 1.165) is 12.0 Å². The lowest BCUT2D eigenvalue weighted by molar-refractivity contribution is -0.145. The minimum absolute atomic E-state index is 0.0338. The Bertz CT molecular complexity index is 1660. The summed E-state index contributed by atoms with van der Waals surface area (Å²) in [5.74, 6) is -4.36. The van der Waals surface area contributed by atoms with Gasteiger partial charge in [0, 0.05) is 63.2 Å². The summed E-state index contributed by atoms with van der Waals surface area (Å²) in [4.78, 5) is 83.9. The van der Waals surface area contributed by atoms with E-state index in [-0.39, 0.29) is 69.1 Å². The first kappa shape index (κ1) is 47.5. The van der Waals surface area contributed by atoms with Crippen LogP contribution in [0.15, 0.2) is 41.5 Å². The van der Waals surface area contributed by atoms with Gasteiger partial charge in [0.2, 0.25) is 17.7 Å². The van der Waals surface area contributed by atoms with Crippen molar-refractivity contribution in [2.75, 3.05) is 45.3 Å². The zero-order valence-corrected chi connectivity index (χ0v) is 34.2. The van der Waals surface area contributed by atoms with Gasteiger partial charge in [-0.15, -0.1) is 5.10 Å². The van der Waals surface area contributed by atoms with Crippen LogP contribution >= 0.6 is 12.6 Å². The number of carboxylic acids is 1. The number of benzene rings is 1. The smallest absolute Gasteiger partial charge is 0.326 e. The van der Waals surface area contributed by atoms with Crippen LogP contribution in [0.4, 0.5) is 0 Å². The zero-order valence-electron chi connectivity index (χ0n) is 33.3. The molecule has 0 spiro atoms. The molecule has 0 saturated carbocycles. The number of Topliss-reactive ketones (excluding diaryl/α,β-unsaturated/α-hetero) is 2. The lowest BCUT2D eigenvalue weighted by Gasteiger charge is -2.29. The highest BCUT2D eigenvalue weighted by atomic mass is 32.1. The molecule has 1 aliphatic rings. The lowest BCUT2D eigenvalue weighted by Crippen LogP contribution is -2.52. The summed E-state index contributed by atoms with van der Waals surface area (Å²) in [6.07, 6.45) is 4.23. The molecule has 1 aliphatic heterocycles. The number of amides is 3. The molecule has 18 nitrogen and oxygen atoms in total. The monoisotopic (exact) mass is 829 g/mol. The normalized spacial score (nSPS) is 15.3. The van der Waals surface area contributed by atoms with Gasteiger partial charge in [0.25, 0.3) is 0 Å². The molecule has 320 valence electrons. The molecule has 0 unspecified atom stereocenters. The predicted molar refractivity (Wildman–Crippen MR) is 218 cm³/mol. The molecule has 19 heteroatoms. The van der Waals surface area contributed by atoms with Crippen molar-refractivity contribution in [1.29, 1.82) is 0 Å². The Labute approximate surface area is 344 Å². The van der Waals surface area contributed by atoms with Crippen LogP contribution < -0.4 is 22.1 Å². The Kier molecular flexibility index (Phi) is 21.4. The van der Waals surface area contributed by atoms with Crippen LogP contribution in [-0.2, 0) is 57.6 Å². The molecule has 7 N–H and O–H groups in total. The van der Waals surface area contributed by atoms with E-state index in [1.54, 1.807) is 10.9 Å². The first-order valence-corrected chi connectivity index (χ1v) is 20.5. The molecular formula is C39H59N9O9S. The van der Waals surface area contributed by atoms with Crippen molar-refractivity contribution in [1.82, 2.24) is 30.5 Å². The molecule has 2 aromatic rings. The molecule has 2 heterocycles. The topological polar surface area (TPSA) is 264 Å². The molecule has 0 aliphatic carbocycles. The van der Waals surface area contributed by atoms with Gasteiger partial charge in [-0.3, -0.25) is 29.0 Å². The molecule has 3 rings (SSSR count). The largest absolute Gasteiger partial charge is 0.480 e. The molecule has 0 bridgehead atoms. The van der Waals surface area contributed by atoms with Crippen molar-refractivity contribution in [2.24, 2.45) is 22.4 Å². The molecule has 0 radical (unpaired) electrons. The average Bonchev–Trinajstić information content (AvgIpc) is 3.89. The van der Waals surface area contributed by atoms with Gasteiger partial charge >= 0.3 is 5.97 Å². The number of aliphatic imine (C=N–C) groups is 1. The van der Waals surface area contributed by atoms with Gasteiger partial charge in [-0.2, -0.15) is 12.6 Å². The second-order valence-corrected chi connectivity index (χ2v) is 14.5. The van der Waals surface area contributed by atoms with Crippen LogP contribution in [0, 0.1) is 5.92 Å². The van der Waals surface area contributed by atoms with E-state index in [4.69, 9.17) is 20.9 Å². The van der Waals surface area contributed by atoms with Crippen molar-refractivity contribution in [3.05, 3.63) is 47.8 Å². The van der Waals surface area contributed by atoms with Crippen molar-refractivity contribution >= 4 is 53.8 Å². The quantitative estimate of drug-likeness (QED) is 0.0288. The van der Waals surface area contributed by atoms with Crippen molar-refractivity contribution in [2.45, 2.75) is 102 Å². The van der Waals surface area contributed by atoms with Gasteiger partial charge in [0.05, 0.1) is 38.1 Å². The summed E-state index contributed by atoms with van der Waals surface area (Å²) in [5.41, 5.74) is 12.1. The fourth-order valence-electron chi connectivity index (χ4n) is 6.42. The highest BCUT2D eigenvalue weighted by Crippen LogP contribution is 2.25. The van der Waals surface area contributed by atoms with Crippen molar-refractivity contribution in [3.8, 4) is 0 Å². The third kappa shape index (κ3) is 17.3. The standard InChI is InChI=1S/C39H59N9O9S/c1-2-19-56-21-22-57-20-18-47-25-29(45-46-47)12-13-30(49)14-15-35(51)43-32(26-58)34(50)24-28(23-27-8-4-3-5-9-27)37(53)48-17-7-11-33(48)36(52)44-31(38(54)55)10-6-16-42-39(40)41/h3-5,8-9,25,28,31-33,58H,2,6-7,10-24,26H2,1H3,(H,43,51)(H,44,52)(H,54,55)(H4,40,41,42)/t28-,31+,32+,33+/m1/s1. The van der Waals surface area contributed by atoms with Crippen LogP contribution in [0.3, 0.4) is 0 Å². The third-order valence-corrected chi connectivity index (χ3v) is 9.85. The molecule has 3 amide bonds. The van der Waals surface area contributed by atoms with E-state index in [9.17, 15) is 33.9 Å². The number of rotatable bonds is 29. The third-order valence-electron chi connectivity index (χ3n) is 9.49. The van der Waals surface area contributed by atoms with E-state index in [0.29, 0.717) is 64.3 Å². The average molecular weight is 830 g/mol. The minimum atomic E-state index is -1.23. The van der Waals surface area contributed by atoms with E-state index in [1.807, 2.05) is 37.3 Å². The zero-order chi connectivity index (χ0) is 42.3. The summed E-state index contributed by atoms with van der Waals surface area (Å²) in [6.45, 7) is 5.17. The number of likely N-dealkylation sites (tertiary alicyclic amines) is 1. The van der Waals surface area contributed by atoms with Crippen molar-refractivity contribution in [3.63, 3.8) is 0 Å². The highest BCUT2D eigenvalue weighted by molar-refractivity contribution is 7.80. The molecule has 1 fully saturated rings. The first-order valence-electron chi connectivity index (χ1n) is 19.8. The number of nitrogens with zero attached hydrogens (tertiary/aromatic N) is 5. The number of ether oxygens (including phenoxy) is 2. The van der Waals surface area contributed by atoms with Crippen LogP contribution in [0.25, 0.3) is 0 Å². The Morgan fingerprint density at radius 3 is 2.43 bits per heavy atom. The van der Waals surface area contributed by atoms with Gasteiger partial charge < -0.3 is 41.6 Å². The summed E-state index contributed by atoms with van der Waals surface area (Å²) < 4.78 is 12.6. The van der Waals surface area contributed by atoms with Gasteiger partial charge in [0.1, 0.15) is 17.9 Å². The summed E-state index contributed by atoms with van der Waals surface area (Å²) in [6, 6.07) is 5.96. The minimum Gasteiger partial charge on any atom is -0.480 e. The van der Waals surface area contributed by atoms with Crippen LogP contribution in [-0.4, -0.2) is 130 Å². The number of aliphatic carboxylic acids is 1. The second-order valence-electron chi connectivity index (χ2n) is 14.1. The van der Waals surface area contributed by atoms with Gasteiger partial charge in [0.15, 0.2) is 11.7 Å². The number of thiol groups is 1. The van der Waals surface area contributed by atoms with Gasteiger partial charge in [-0.1, -0.05) is 42.5 Å². The predicted octanol–water partition coefficient (Wildman–Crippen LogP) is 0.850. The molecule has 4 atom stereocenters. The number of carbonyl (C=O) groups is 6. The maximum absolute atomic E-state index is 14.1. The highest BCUT2D eigenvalue weighted by Gasteiger charge is 2.39. The lowest BCUT2D eigenvalue weighted by atomic mass is 9.90. The summed E-state index contributed by atoms with van der Waals surface area (Å²) >= 11 is 4.30. The number of ketones is 2. The second kappa shape index (κ2) is 26.2. The number of carbonyl (C=O) groups excluding carboxylic acids is 5. The maximum atomic E-state index is 14.1. The van der Waals surface area contributed by atoms with Crippen molar-refractivity contribution < 1.29 is 43.3 Å². The molecular weight excluding hydrogens is 771 g/mol. The number of aryl methyl sites for hydroxylation is 1. The maximum Gasteiger partial charge on any atom is 0.326 e. The first-order chi connectivity index (χ1) is 27.9. The number of nitrogens with one attached hydrogen (secondary N) is 2. The number of aromatic nitrogens is 3. The number of hydrogen-bond donors (Lipinski definition) is 6. The summed E-state index contributed by atoms with van der Waals surface area (Å²) in [5, 5.41) is 23.1. The SMILES string of the molecule is CCCOCCOCCn1cc(CCC(=O)CCC(=O)N[C@@H](CS)C(=O)C[C@@H](Cc2ccccc2)C(=O)N2CCC[C@H]2C(=O)N[C@@H](CCCN=C(N)N)C(=O)O)nn1. The Morgan fingerprint density at radius 2 is 1.74 bits per heavy atom. The molecule has 1 aromatic heterocycles. The Morgan fingerprint density at radius 1 is 1.00 bits per heavy atom. The van der Waals surface area contributed by atoms with E-state index >= 15 is 0 Å². The van der Waals surface area contributed by atoms with E-state index in [1.165, 1.54) is 4.90 Å². The fraction of sp³-hybridized carbons (Fsp3) is 0.615. The fourth-order valence-corrected chi connectivity index (χ4v) is 6.72. The van der Waals surface area contributed by atoms with Crippen LogP contribution in [0.1, 0.15) is 76.0 Å². The van der Waals surface area contributed by atoms with E-state index < -0.39 is 53.5 Å². The van der Waals surface area contributed by atoms with Crippen LogP contribution in [0.2, 0.25) is 0 Å². The number of hydrogen-bond acceptors (Lipinski definition) is 12. The van der Waals surface area contributed by atoms with Crippen LogP contribution in [0.5, 0.6) is 0 Å². The number of guanidine groups is 1. The molecule has 1 saturated heterocycles. The molecule has 58 heavy (non-hydrogen) atoms. The van der Waals surface area contributed by atoms with Gasteiger partial charge in [-0.25, -0.2) is 9.48 Å². The Balaban J connectivity index is 1.53. The molecule has 1 aromatic carbocycles. The summed E-state index contributed by atoms with van der Waals surface area (Å²) in [7, 11) is 0.